The Hall–Kier alpha value is -0.180. The van der Waals surface area contributed by atoms with Crippen molar-refractivity contribution in [1.29, 1.82) is 0 Å². The van der Waals surface area contributed by atoms with Crippen LogP contribution in [0.4, 0.5) is 0 Å². The van der Waals surface area contributed by atoms with Gasteiger partial charge in [0.15, 0.2) is 0 Å². The van der Waals surface area contributed by atoms with Gasteiger partial charge in [0.2, 0.25) is 5.91 Å². The Morgan fingerprint density at radius 2 is 1.88 bits per heavy atom. The first-order valence-electron chi connectivity index (χ1n) is 6.72. The molecule has 2 nitrogen and oxygen atoms in total. The van der Waals surface area contributed by atoms with Crippen molar-refractivity contribution in [3.05, 3.63) is 0 Å². The van der Waals surface area contributed by atoms with Crippen molar-refractivity contribution in [2.45, 2.75) is 40.0 Å². The SMILES string of the molecule is CC1(C)CC1(C)CNC(=O)C1CC2(CSC2)C1. The van der Waals surface area contributed by atoms with Crippen LogP contribution < -0.4 is 5.32 Å². The number of hydrogen-bond donors (Lipinski definition) is 1. The monoisotopic (exact) mass is 253 g/mol. The van der Waals surface area contributed by atoms with Crippen molar-refractivity contribution >= 4 is 17.7 Å². The fourth-order valence-corrected chi connectivity index (χ4v) is 4.71. The highest BCUT2D eigenvalue weighted by Gasteiger charge is 2.57. The molecule has 1 amide bonds. The fourth-order valence-electron chi connectivity index (χ4n) is 3.46. The molecule has 0 aromatic carbocycles. The lowest BCUT2D eigenvalue weighted by atomic mass is 9.63. The van der Waals surface area contributed by atoms with Gasteiger partial charge < -0.3 is 5.32 Å². The van der Waals surface area contributed by atoms with Crippen molar-refractivity contribution in [2.75, 3.05) is 18.1 Å². The number of rotatable bonds is 3. The van der Waals surface area contributed by atoms with E-state index in [9.17, 15) is 4.79 Å². The molecule has 0 aromatic rings. The van der Waals surface area contributed by atoms with Gasteiger partial charge in [-0.3, -0.25) is 4.79 Å². The number of carbonyl (C=O) groups excluding carboxylic acids is 1. The summed E-state index contributed by atoms with van der Waals surface area (Å²) in [6, 6.07) is 0. The minimum atomic E-state index is 0.316. The first-order valence-corrected chi connectivity index (χ1v) is 7.87. The normalized spacial score (nSPS) is 37.1. The van der Waals surface area contributed by atoms with Gasteiger partial charge in [0.05, 0.1) is 0 Å². The maximum absolute atomic E-state index is 12.0. The van der Waals surface area contributed by atoms with Gasteiger partial charge in [-0.1, -0.05) is 20.8 Å². The molecule has 1 spiro atoms. The summed E-state index contributed by atoms with van der Waals surface area (Å²) >= 11 is 2.03. The molecule has 3 fully saturated rings. The van der Waals surface area contributed by atoms with Crippen LogP contribution in [-0.2, 0) is 4.79 Å². The van der Waals surface area contributed by atoms with Crippen LogP contribution in [0, 0.1) is 22.2 Å². The number of thioether (sulfide) groups is 1. The molecule has 1 heterocycles. The van der Waals surface area contributed by atoms with E-state index in [1.54, 1.807) is 0 Å². The minimum absolute atomic E-state index is 0.316. The summed E-state index contributed by atoms with van der Waals surface area (Å²) in [5.74, 6) is 3.22. The first-order chi connectivity index (χ1) is 7.86. The van der Waals surface area contributed by atoms with Gasteiger partial charge in [0.1, 0.15) is 0 Å². The maximum Gasteiger partial charge on any atom is 0.223 e. The number of nitrogens with one attached hydrogen (secondary N) is 1. The van der Waals surface area contributed by atoms with E-state index >= 15 is 0 Å². The second kappa shape index (κ2) is 3.43. The molecule has 0 bridgehead atoms. The summed E-state index contributed by atoms with van der Waals surface area (Å²) in [5, 5.41) is 3.18. The van der Waals surface area contributed by atoms with Gasteiger partial charge >= 0.3 is 0 Å². The quantitative estimate of drug-likeness (QED) is 0.838. The lowest BCUT2D eigenvalue weighted by Gasteiger charge is -2.52. The summed E-state index contributed by atoms with van der Waals surface area (Å²) in [6.07, 6.45) is 3.53. The molecule has 3 heteroatoms. The molecule has 2 aliphatic carbocycles. The molecule has 0 aromatic heterocycles. The van der Waals surface area contributed by atoms with E-state index in [1.807, 2.05) is 11.8 Å². The second-order valence-corrected chi connectivity index (χ2v) is 8.42. The average Bonchev–Trinajstić information content (AvgIpc) is 2.58. The Morgan fingerprint density at radius 1 is 1.29 bits per heavy atom. The molecular formula is C14H23NOS. The average molecular weight is 253 g/mol. The van der Waals surface area contributed by atoms with E-state index in [2.05, 4.69) is 26.1 Å². The van der Waals surface area contributed by atoms with Crippen molar-refractivity contribution in [2.24, 2.45) is 22.2 Å². The van der Waals surface area contributed by atoms with E-state index in [1.165, 1.54) is 17.9 Å². The van der Waals surface area contributed by atoms with Crippen molar-refractivity contribution in [3.8, 4) is 0 Å². The molecule has 17 heavy (non-hydrogen) atoms. The number of amides is 1. The molecule has 0 radical (unpaired) electrons. The van der Waals surface area contributed by atoms with E-state index < -0.39 is 0 Å². The van der Waals surface area contributed by atoms with Crippen LogP contribution in [0.3, 0.4) is 0 Å². The van der Waals surface area contributed by atoms with Crippen LogP contribution in [0.25, 0.3) is 0 Å². The lowest BCUT2D eigenvalue weighted by Crippen LogP contribution is -2.52. The Kier molecular flexibility index (Phi) is 2.40. The Labute approximate surface area is 108 Å². The summed E-state index contributed by atoms with van der Waals surface area (Å²) in [5.41, 5.74) is 1.34. The lowest BCUT2D eigenvalue weighted by molar-refractivity contribution is -0.131. The second-order valence-electron chi connectivity index (χ2n) is 7.44. The zero-order chi connectivity index (χ0) is 12.3. The largest absolute Gasteiger partial charge is 0.355 e. The summed E-state index contributed by atoms with van der Waals surface area (Å²) in [6.45, 7) is 7.75. The number of carbonyl (C=O) groups is 1. The van der Waals surface area contributed by atoms with E-state index in [0.717, 1.165) is 19.4 Å². The highest BCUT2D eigenvalue weighted by molar-refractivity contribution is 8.00. The third-order valence-electron chi connectivity index (χ3n) is 5.54. The predicted octanol–water partition coefficient (Wildman–Crippen LogP) is 2.68. The third-order valence-corrected chi connectivity index (χ3v) is 7.17. The van der Waals surface area contributed by atoms with Gasteiger partial charge in [-0.05, 0) is 47.0 Å². The fraction of sp³-hybridized carbons (Fsp3) is 0.929. The molecule has 1 unspecified atom stereocenters. The molecule has 1 aliphatic heterocycles. The van der Waals surface area contributed by atoms with Crippen LogP contribution in [0.1, 0.15) is 40.0 Å². The smallest absolute Gasteiger partial charge is 0.223 e. The van der Waals surface area contributed by atoms with Gasteiger partial charge in [-0.15, -0.1) is 0 Å². The van der Waals surface area contributed by atoms with Crippen LogP contribution in [0.5, 0.6) is 0 Å². The topological polar surface area (TPSA) is 29.1 Å². The highest BCUT2D eigenvalue weighted by atomic mass is 32.2. The summed E-state index contributed by atoms with van der Waals surface area (Å²) in [7, 11) is 0. The minimum Gasteiger partial charge on any atom is -0.355 e. The van der Waals surface area contributed by atoms with Gasteiger partial charge in [0.25, 0.3) is 0 Å². The Balaban J connectivity index is 1.43. The van der Waals surface area contributed by atoms with Crippen LogP contribution in [0.2, 0.25) is 0 Å². The number of hydrogen-bond acceptors (Lipinski definition) is 2. The molecule has 1 N–H and O–H groups in total. The molecule has 3 rings (SSSR count). The van der Waals surface area contributed by atoms with Gasteiger partial charge in [-0.25, -0.2) is 0 Å². The zero-order valence-electron chi connectivity index (χ0n) is 11.1. The molecule has 1 saturated heterocycles. The van der Waals surface area contributed by atoms with E-state index in [-0.39, 0.29) is 0 Å². The molecule has 1 atom stereocenters. The van der Waals surface area contributed by atoms with Crippen LogP contribution in [-0.4, -0.2) is 24.0 Å². The Bertz CT molecular complexity index is 353. The standard InChI is InChI=1S/C14H23NOS/c1-12(2)6-13(12,3)7-15-11(16)10-4-14(5-10)8-17-9-14/h10H,4-9H2,1-3H3,(H,15,16). The molecular weight excluding hydrogens is 230 g/mol. The maximum atomic E-state index is 12.0. The Morgan fingerprint density at radius 3 is 2.29 bits per heavy atom. The van der Waals surface area contributed by atoms with Crippen molar-refractivity contribution < 1.29 is 4.79 Å². The van der Waals surface area contributed by atoms with Crippen LogP contribution >= 0.6 is 11.8 Å². The highest BCUT2D eigenvalue weighted by Crippen LogP contribution is 2.62. The molecule has 3 aliphatic rings. The van der Waals surface area contributed by atoms with E-state index in [4.69, 9.17) is 0 Å². The van der Waals surface area contributed by atoms with Gasteiger partial charge in [0, 0.05) is 12.5 Å². The van der Waals surface area contributed by atoms with Gasteiger partial charge in [-0.2, -0.15) is 11.8 Å². The van der Waals surface area contributed by atoms with E-state index in [0.29, 0.717) is 28.1 Å². The molecule has 96 valence electrons. The first kappa shape index (κ1) is 11.9. The zero-order valence-corrected chi connectivity index (χ0v) is 12.0. The predicted molar refractivity (Wildman–Crippen MR) is 72.0 cm³/mol. The summed E-state index contributed by atoms with van der Waals surface area (Å²) < 4.78 is 0. The van der Waals surface area contributed by atoms with Crippen LogP contribution in [0.15, 0.2) is 0 Å². The third kappa shape index (κ3) is 1.81. The summed E-state index contributed by atoms with van der Waals surface area (Å²) in [4.78, 5) is 12.0. The van der Waals surface area contributed by atoms with Crippen molar-refractivity contribution in [1.82, 2.24) is 5.32 Å². The molecule has 2 saturated carbocycles. The van der Waals surface area contributed by atoms with Crippen molar-refractivity contribution in [3.63, 3.8) is 0 Å².